The van der Waals surface area contributed by atoms with Crippen LogP contribution in [0.1, 0.15) is 44.4 Å². The highest BCUT2D eigenvalue weighted by Crippen LogP contribution is 2.36. The van der Waals surface area contributed by atoms with Gasteiger partial charge in [0.2, 0.25) is 0 Å². The van der Waals surface area contributed by atoms with Crippen LogP contribution < -0.4 is 5.32 Å². The zero-order valence-corrected chi connectivity index (χ0v) is 12.7. The molecule has 1 aliphatic carbocycles. The number of hydrogen-bond donors (Lipinski definition) is 1. The van der Waals surface area contributed by atoms with Gasteiger partial charge in [0.05, 0.1) is 6.04 Å². The van der Waals surface area contributed by atoms with Gasteiger partial charge in [-0.3, -0.25) is 4.90 Å². The Morgan fingerprint density at radius 3 is 2.86 bits per heavy atom. The predicted octanol–water partition coefficient (Wildman–Crippen LogP) is 3.71. The van der Waals surface area contributed by atoms with Crippen LogP contribution in [-0.4, -0.2) is 30.1 Å². The van der Waals surface area contributed by atoms with Crippen molar-refractivity contribution in [1.29, 1.82) is 0 Å². The van der Waals surface area contributed by atoms with Crippen molar-refractivity contribution in [3.05, 3.63) is 36.1 Å². The molecule has 3 nitrogen and oxygen atoms in total. The van der Waals surface area contributed by atoms with Crippen LogP contribution in [0, 0.1) is 0 Å². The number of hydrogen-bond acceptors (Lipinski definition) is 3. The van der Waals surface area contributed by atoms with Crippen molar-refractivity contribution in [2.45, 2.75) is 50.7 Å². The lowest BCUT2D eigenvalue weighted by Crippen LogP contribution is -2.40. The van der Waals surface area contributed by atoms with E-state index >= 15 is 0 Å². The number of rotatable bonds is 5. The molecule has 21 heavy (non-hydrogen) atoms. The van der Waals surface area contributed by atoms with Gasteiger partial charge in [0.1, 0.15) is 11.3 Å². The van der Waals surface area contributed by atoms with E-state index in [9.17, 15) is 0 Å². The van der Waals surface area contributed by atoms with Gasteiger partial charge in [0.15, 0.2) is 0 Å². The second-order valence-electron chi connectivity index (χ2n) is 6.58. The van der Waals surface area contributed by atoms with Gasteiger partial charge in [-0.2, -0.15) is 0 Å². The highest BCUT2D eigenvalue weighted by molar-refractivity contribution is 5.77. The minimum absolute atomic E-state index is 0.368. The Morgan fingerprint density at radius 1 is 1.29 bits per heavy atom. The van der Waals surface area contributed by atoms with Crippen molar-refractivity contribution in [3.63, 3.8) is 0 Å². The first kappa shape index (κ1) is 13.4. The lowest BCUT2D eigenvalue weighted by Gasteiger charge is -2.30. The van der Waals surface area contributed by atoms with Crippen LogP contribution in [0.4, 0.5) is 0 Å². The molecule has 112 valence electrons. The summed E-state index contributed by atoms with van der Waals surface area (Å²) in [5.41, 5.74) is 1.01. The standard InChI is InChI=1S/C18H24N2O/c1-13(18-11-14-5-2-3-7-17(14)21-18)20(16-8-9-16)12-15-6-4-10-19-15/h2-3,5,7,11,13,15-16,19H,4,6,8-10,12H2,1H3. The number of para-hydroxylation sites is 1. The first-order valence-corrected chi connectivity index (χ1v) is 8.29. The number of nitrogens with one attached hydrogen (secondary N) is 1. The molecular weight excluding hydrogens is 260 g/mol. The van der Waals surface area contributed by atoms with Crippen LogP contribution in [0.5, 0.6) is 0 Å². The Kier molecular flexibility index (Phi) is 3.48. The van der Waals surface area contributed by atoms with Crippen molar-refractivity contribution in [3.8, 4) is 0 Å². The molecule has 3 heteroatoms. The zero-order chi connectivity index (χ0) is 14.2. The van der Waals surface area contributed by atoms with E-state index < -0.39 is 0 Å². The third-order valence-electron chi connectivity index (χ3n) is 4.96. The summed E-state index contributed by atoms with van der Waals surface area (Å²) in [6.07, 6.45) is 5.33. The molecule has 2 heterocycles. The van der Waals surface area contributed by atoms with Crippen LogP contribution in [0.15, 0.2) is 34.7 Å². The van der Waals surface area contributed by atoms with Gasteiger partial charge in [-0.1, -0.05) is 18.2 Å². The molecule has 2 fully saturated rings. The van der Waals surface area contributed by atoms with E-state index in [1.165, 1.54) is 37.6 Å². The maximum Gasteiger partial charge on any atom is 0.134 e. The number of fused-ring (bicyclic) bond motifs is 1. The summed E-state index contributed by atoms with van der Waals surface area (Å²) in [5, 5.41) is 4.85. The van der Waals surface area contributed by atoms with Crippen LogP contribution >= 0.6 is 0 Å². The fraction of sp³-hybridized carbons (Fsp3) is 0.556. The SMILES string of the molecule is CC(c1cc2ccccc2o1)N(CC1CCCN1)C1CC1. The summed E-state index contributed by atoms with van der Waals surface area (Å²) in [6, 6.07) is 12.3. The van der Waals surface area contributed by atoms with Gasteiger partial charge < -0.3 is 9.73 Å². The van der Waals surface area contributed by atoms with Gasteiger partial charge in [-0.15, -0.1) is 0 Å². The van der Waals surface area contributed by atoms with Crippen LogP contribution in [0.25, 0.3) is 11.0 Å². The van der Waals surface area contributed by atoms with Gasteiger partial charge in [-0.25, -0.2) is 0 Å². The molecule has 1 aliphatic heterocycles. The molecule has 1 N–H and O–H groups in total. The number of benzene rings is 1. The summed E-state index contributed by atoms with van der Waals surface area (Å²) in [6.45, 7) is 4.63. The van der Waals surface area contributed by atoms with Crippen molar-refractivity contribution in [2.75, 3.05) is 13.1 Å². The molecule has 0 spiro atoms. The topological polar surface area (TPSA) is 28.4 Å². The molecule has 1 aromatic carbocycles. The first-order chi connectivity index (χ1) is 10.3. The summed E-state index contributed by atoms with van der Waals surface area (Å²) in [5.74, 6) is 1.11. The molecule has 2 atom stereocenters. The normalized spacial score (nSPS) is 24.0. The number of furan rings is 1. The molecule has 0 amide bonds. The number of nitrogens with zero attached hydrogens (tertiary/aromatic N) is 1. The third kappa shape index (κ3) is 2.72. The molecular formula is C18H24N2O. The van der Waals surface area contributed by atoms with E-state index in [-0.39, 0.29) is 0 Å². The average molecular weight is 284 g/mol. The van der Waals surface area contributed by atoms with Crippen molar-refractivity contribution < 1.29 is 4.42 Å². The predicted molar refractivity (Wildman–Crippen MR) is 85.4 cm³/mol. The van der Waals surface area contributed by atoms with E-state index in [0.717, 1.165) is 23.9 Å². The van der Waals surface area contributed by atoms with Crippen molar-refractivity contribution in [2.24, 2.45) is 0 Å². The quantitative estimate of drug-likeness (QED) is 0.907. The van der Waals surface area contributed by atoms with Crippen LogP contribution in [-0.2, 0) is 0 Å². The van der Waals surface area contributed by atoms with Crippen LogP contribution in [0.2, 0.25) is 0 Å². The van der Waals surface area contributed by atoms with E-state index in [0.29, 0.717) is 12.1 Å². The maximum absolute atomic E-state index is 6.09. The Labute approximate surface area is 126 Å². The molecule has 2 unspecified atom stereocenters. The molecule has 4 rings (SSSR count). The van der Waals surface area contributed by atoms with Gasteiger partial charge in [-0.05, 0) is 51.3 Å². The van der Waals surface area contributed by atoms with Gasteiger partial charge in [0.25, 0.3) is 0 Å². The minimum Gasteiger partial charge on any atom is -0.459 e. The smallest absolute Gasteiger partial charge is 0.134 e. The molecule has 1 aromatic heterocycles. The molecule has 0 radical (unpaired) electrons. The summed E-state index contributed by atoms with van der Waals surface area (Å²) in [7, 11) is 0. The second-order valence-corrected chi connectivity index (χ2v) is 6.58. The summed E-state index contributed by atoms with van der Waals surface area (Å²) >= 11 is 0. The second kappa shape index (κ2) is 5.47. The zero-order valence-electron chi connectivity index (χ0n) is 12.7. The van der Waals surface area contributed by atoms with Gasteiger partial charge in [0, 0.05) is 24.0 Å². The van der Waals surface area contributed by atoms with Crippen LogP contribution in [0.3, 0.4) is 0 Å². The molecule has 1 saturated heterocycles. The molecule has 2 aliphatic rings. The maximum atomic E-state index is 6.09. The van der Waals surface area contributed by atoms with E-state index in [1.807, 2.05) is 6.07 Å². The fourth-order valence-corrected chi connectivity index (χ4v) is 3.57. The Bertz CT molecular complexity index is 577. The molecule has 1 saturated carbocycles. The Morgan fingerprint density at radius 2 is 2.14 bits per heavy atom. The monoisotopic (exact) mass is 284 g/mol. The molecule has 2 aromatic rings. The lowest BCUT2D eigenvalue weighted by molar-refractivity contribution is 0.165. The largest absolute Gasteiger partial charge is 0.459 e. The van der Waals surface area contributed by atoms with Crippen molar-refractivity contribution in [1.82, 2.24) is 10.2 Å². The average Bonchev–Trinajstić information content (AvgIpc) is 3.04. The Hall–Kier alpha value is -1.32. The van der Waals surface area contributed by atoms with Gasteiger partial charge >= 0.3 is 0 Å². The first-order valence-electron chi connectivity index (χ1n) is 8.29. The minimum atomic E-state index is 0.368. The summed E-state index contributed by atoms with van der Waals surface area (Å²) in [4.78, 5) is 2.65. The summed E-state index contributed by atoms with van der Waals surface area (Å²) < 4.78 is 6.09. The van der Waals surface area contributed by atoms with E-state index in [1.54, 1.807) is 0 Å². The van der Waals surface area contributed by atoms with Crippen molar-refractivity contribution >= 4 is 11.0 Å². The fourth-order valence-electron chi connectivity index (χ4n) is 3.57. The molecule has 0 bridgehead atoms. The highest BCUT2D eigenvalue weighted by Gasteiger charge is 2.35. The Balaban J connectivity index is 1.56. The van der Waals surface area contributed by atoms with E-state index in [2.05, 4.69) is 41.4 Å². The highest BCUT2D eigenvalue weighted by atomic mass is 16.3. The third-order valence-corrected chi connectivity index (χ3v) is 4.96. The lowest BCUT2D eigenvalue weighted by atomic mass is 10.1. The van der Waals surface area contributed by atoms with E-state index in [4.69, 9.17) is 4.42 Å².